The maximum atomic E-state index is 12.4. The molecule has 0 saturated heterocycles. The van der Waals surface area contributed by atoms with Crippen molar-refractivity contribution in [3.05, 3.63) is 48.2 Å². The summed E-state index contributed by atoms with van der Waals surface area (Å²) in [6.45, 7) is -0.0670. The highest BCUT2D eigenvalue weighted by Gasteiger charge is 2.30. The van der Waals surface area contributed by atoms with Crippen molar-refractivity contribution >= 4 is 23.4 Å². The van der Waals surface area contributed by atoms with Gasteiger partial charge in [0.15, 0.2) is 6.61 Å². The zero-order valence-electron chi connectivity index (χ0n) is 12.7. The lowest BCUT2D eigenvalue weighted by Gasteiger charge is -2.08. The number of aromatic nitrogens is 1. The van der Waals surface area contributed by atoms with Gasteiger partial charge in [0.25, 0.3) is 0 Å². The lowest BCUT2D eigenvalue weighted by Crippen LogP contribution is -2.14. The van der Waals surface area contributed by atoms with E-state index in [1.54, 1.807) is 24.3 Å². The molecule has 1 N–H and O–H groups in total. The van der Waals surface area contributed by atoms with Gasteiger partial charge in [-0.2, -0.15) is 18.4 Å². The van der Waals surface area contributed by atoms with Crippen LogP contribution in [0.15, 0.2) is 47.6 Å². The summed E-state index contributed by atoms with van der Waals surface area (Å²) in [7, 11) is 0. The quantitative estimate of drug-likeness (QED) is 0.788. The molecule has 0 fully saturated rings. The molecule has 130 valence electrons. The second-order valence-corrected chi connectivity index (χ2v) is 5.69. The van der Waals surface area contributed by atoms with Crippen molar-refractivity contribution < 1.29 is 22.7 Å². The number of nitrogens with one attached hydrogen (secondary N) is 1. The average molecular weight is 367 g/mol. The number of carbonyl (C=O) groups excluding carboxylic acids is 1. The van der Waals surface area contributed by atoms with Gasteiger partial charge in [0.05, 0.1) is 16.3 Å². The van der Waals surface area contributed by atoms with Gasteiger partial charge in [-0.1, -0.05) is 11.8 Å². The zero-order chi connectivity index (χ0) is 18.3. The molecule has 0 saturated carbocycles. The fourth-order valence-corrected chi connectivity index (χ4v) is 2.36. The van der Waals surface area contributed by atoms with Crippen molar-refractivity contribution in [1.82, 2.24) is 4.98 Å². The number of rotatable bonds is 6. The molecule has 1 amide bonds. The van der Waals surface area contributed by atoms with Crippen LogP contribution >= 0.6 is 11.8 Å². The van der Waals surface area contributed by atoms with Gasteiger partial charge in [-0.3, -0.25) is 4.79 Å². The van der Waals surface area contributed by atoms with E-state index in [4.69, 9.17) is 10.00 Å². The number of nitriles is 1. The molecule has 0 aliphatic carbocycles. The molecule has 2 rings (SSSR count). The van der Waals surface area contributed by atoms with E-state index in [2.05, 4.69) is 10.3 Å². The van der Waals surface area contributed by atoms with E-state index in [1.807, 2.05) is 6.07 Å². The SMILES string of the molecule is N#CCOc1ccc(NC(=O)CSc2ccc(C(F)(F)F)cn2)cc1. The maximum Gasteiger partial charge on any atom is 0.417 e. The number of ether oxygens (including phenoxy) is 1. The summed E-state index contributed by atoms with van der Waals surface area (Å²) < 4.78 is 42.4. The summed E-state index contributed by atoms with van der Waals surface area (Å²) in [6.07, 6.45) is -3.70. The van der Waals surface area contributed by atoms with Crippen LogP contribution in [0.25, 0.3) is 0 Å². The van der Waals surface area contributed by atoms with Crippen molar-refractivity contribution in [2.45, 2.75) is 11.2 Å². The third kappa shape index (κ3) is 6.00. The number of nitrogens with zero attached hydrogens (tertiary/aromatic N) is 2. The molecule has 2 aromatic rings. The molecule has 1 aromatic carbocycles. The number of anilines is 1. The van der Waals surface area contributed by atoms with E-state index >= 15 is 0 Å². The van der Waals surface area contributed by atoms with Crippen LogP contribution in [0.3, 0.4) is 0 Å². The molecule has 0 unspecified atom stereocenters. The largest absolute Gasteiger partial charge is 0.479 e. The predicted molar refractivity (Wildman–Crippen MR) is 86.1 cm³/mol. The second kappa shape index (κ2) is 8.39. The van der Waals surface area contributed by atoms with E-state index in [0.717, 1.165) is 24.0 Å². The van der Waals surface area contributed by atoms with E-state index in [1.165, 1.54) is 6.07 Å². The molecule has 0 atom stereocenters. The maximum absolute atomic E-state index is 12.4. The van der Waals surface area contributed by atoms with Gasteiger partial charge < -0.3 is 10.1 Å². The van der Waals surface area contributed by atoms with Gasteiger partial charge in [0.1, 0.15) is 11.8 Å². The van der Waals surface area contributed by atoms with Crippen LogP contribution < -0.4 is 10.1 Å². The van der Waals surface area contributed by atoms with E-state index in [0.29, 0.717) is 16.5 Å². The first-order valence-electron chi connectivity index (χ1n) is 6.94. The number of amides is 1. The smallest absolute Gasteiger partial charge is 0.417 e. The Balaban J connectivity index is 1.83. The number of pyridine rings is 1. The highest BCUT2D eigenvalue weighted by molar-refractivity contribution is 7.99. The van der Waals surface area contributed by atoms with Gasteiger partial charge in [0, 0.05) is 11.9 Å². The van der Waals surface area contributed by atoms with Gasteiger partial charge >= 0.3 is 6.18 Å². The van der Waals surface area contributed by atoms with Gasteiger partial charge in [-0.05, 0) is 36.4 Å². The Bertz CT molecular complexity index is 756. The van der Waals surface area contributed by atoms with E-state index in [-0.39, 0.29) is 18.3 Å². The summed E-state index contributed by atoms with van der Waals surface area (Å²) in [6, 6.07) is 10.4. The Hall–Kier alpha value is -2.73. The van der Waals surface area contributed by atoms with Crippen LogP contribution in [0.5, 0.6) is 5.75 Å². The topological polar surface area (TPSA) is 75.0 Å². The number of hydrogen-bond acceptors (Lipinski definition) is 5. The van der Waals surface area contributed by atoms with Crippen LogP contribution in [-0.2, 0) is 11.0 Å². The Kier molecular flexibility index (Phi) is 6.25. The van der Waals surface area contributed by atoms with Crippen molar-refractivity contribution in [3.8, 4) is 11.8 Å². The minimum Gasteiger partial charge on any atom is -0.479 e. The van der Waals surface area contributed by atoms with Crippen molar-refractivity contribution in [2.24, 2.45) is 0 Å². The first-order chi connectivity index (χ1) is 11.9. The van der Waals surface area contributed by atoms with Crippen LogP contribution in [0.1, 0.15) is 5.56 Å². The molecular formula is C16H12F3N3O2S. The number of hydrogen-bond donors (Lipinski definition) is 1. The van der Waals surface area contributed by atoms with Gasteiger partial charge in [0.2, 0.25) is 5.91 Å². The molecule has 0 aliphatic heterocycles. The molecule has 0 aliphatic rings. The molecule has 0 bridgehead atoms. The number of thioether (sulfide) groups is 1. The Morgan fingerprint density at radius 2 is 1.96 bits per heavy atom. The molecule has 9 heteroatoms. The monoisotopic (exact) mass is 367 g/mol. The van der Waals surface area contributed by atoms with Crippen LogP contribution in [-0.4, -0.2) is 23.3 Å². The van der Waals surface area contributed by atoms with Crippen LogP contribution in [0, 0.1) is 11.3 Å². The van der Waals surface area contributed by atoms with Crippen molar-refractivity contribution in [2.75, 3.05) is 17.7 Å². The van der Waals surface area contributed by atoms with E-state index < -0.39 is 11.7 Å². The third-order valence-electron chi connectivity index (χ3n) is 2.86. The Labute approximate surface area is 145 Å². The molecule has 0 spiro atoms. The highest BCUT2D eigenvalue weighted by atomic mass is 32.2. The highest BCUT2D eigenvalue weighted by Crippen LogP contribution is 2.29. The molecule has 0 radical (unpaired) electrons. The summed E-state index contributed by atoms with van der Waals surface area (Å²) in [5.74, 6) is 0.186. The fraction of sp³-hybridized carbons (Fsp3) is 0.188. The average Bonchev–Trinajstić information content (AvgIpc) is 2.59. The molecule has 1 heterocycles. The van der Waals surface area contributed by atoms with Crippen molar-refractivity contribution in [1.29, 1.82) is 5.26 Å². The minimum atomic E-state index is -4.43. The fourth-order valence-electron chi connectivity index (χ4n) is 1.72. The molecule has 5 nitrogen and oxygen atoms in total. The first-order valence-corrected chi connectivity index (χ1v) is 7.93. The normalized spacial score (nSPS) is 10.8. The molecular weight excluding hydrogens is 355 g/mol. The lowest BCUT2D eigenvalue weighted by atomic mass is 10.3. The third-order valence-corrected chi connectivity index (χ3v) is 3.80. The number of halogens is 3. The zero-order valence-corrected chi connectivity index (χ0v) is 13.5. The lowest BCUT2D eigenvalue weighted by molar-refractivity contribution is -0.137. The number of benzene rings is 1. The Morgan fingerprint density at radius 3 is 2.52 bits per heavy atom. The second-order valence-electron chi connectivity index (χ2n) is 4.69. The number of carbonyl (C=O) groups is 1. The summed E-state index contributed by atoms with van der Waals surface area (Å²) >= 11 is 1.03. The van der Waals surface area contributed by atoms with Gasteiger partial charge in [-0.15, -0.1) is 0 Å². The van der Waals surface area contributed by atoms with Crippen LogP contribution in [0.4, 0.5) is 18.9 Å². The van der Waals surface area contributed by atoms with Crippen LogP contribution in [0.2, 0.25) is 0 Å². The summed E-state index contributed by atoms with van der Waals surface area (Å²) in [5.41, 5.74) is -0.296. The first kappa shape index (κ1) is 18.6. The predicted octanol–water partition coefficient (Wildman–Crippen LogP) is 3.73. The van der Waals surface area contributed by atoms with Crippen molar-refractivity contribution in [3.63, 3.8) is 0 Å². The molecule has 25 heavy (non-hydrogen) atoms. The van der Waals surface area contributed by atoms with Gasteiger partial charge in [-0.25, -0.2) is 4.98 Å². The Morgan fingerprint density at radius 1 is 1.24 bits per heavy atom. The summed E-state index contributed by atoms with van der Waals surface area (Å²) in [4.78, 5) is 15.5. The minimum absolute atomic E-state index is 0.00501. The molecule has 1 aromatic heterocycles. The standard InChI is InChI=1S/C16H12F3N3O2S/c17-16(18,19)11-1-6-15(21-9-11)25-10-14(23)22-12-2-4-13(5-3-12)24-8-7-20/h1-6,9H,8,10H2,(H,22,23). The van der Waals surface area contributed by atoms with E-state index in [9.17, 15) is 18.0 Å². The number of alkyl halides is 3. The summed E-state index contributed by atoms with van der Waals surface area (Å²) in [5, 5.41) is 11.4.